The van der Waals surface area contributed by atoms with Gasteiger partial charge >= 0.3 is 0 Å². The first kappa shape index (κ1) is 30.2. The van der Waals surface area contributed by atoms with Gasteiger partial charge in [0.15, 0.2) is 0 Å². The number of fused-ring (bicyclic) bond motifs is 4. The maximum atomic E-state index is 13.0. The van der Waals surface area contributed by atoms with E-state index in [0.717, 1.165) is 54.7 Å². The van der Waals surface area contributed by atoms with Crippen LogP contribution >= 0.6 is 0 Å². The SMILES string of the molecule is Cc1ccc(S(=O)(=O)O)cc1.O=C(c1ccc([C@@]2(c3ccccc3)OOC3(O2)C2CC4CC5CC3CC45C2)cc1)N1CCNCC1. The molecule has 242 valence electrons. The topological polar surface area (TPSA) is 114 Å². The molecule has 0 aromatic heterocycles. The molecule has 6 aliphatic rings. The summed E-state index contributed by atoms with van der Waals surface area (Å²) in [7, 11) is -4.02. The second-order valence-electron chi connectivity index (χ2n) is 14.0. The van der Waals surface area contributed by atoms with E-state index in [-0.39, 0.29) is 10.8 Å². The number of carbonyl (C=O) groups excluding carboxylic acids is 1. The first-order valence-corrected chi connectivity index (χ1v) is 17.8. The molecule has 2 N–H and O–H groups in total. The van der Waals surface area contributed by atoms with Crippen LogP contribution in [0.25, 0.3) is 0 Å². The van der Waals surface area contributed by atoms with Gasteiger partial charge < -0.3 is 15.0 Å². The zero-order valence-electron chi connectivity index (χ0n) is 25.9. The normalized spacial score (nSPS) is 35.4. The zero-order valence-corrected chi connectivity index (χ0v) is 26.7. The average molecular weight is 645 g/mol. The van der Waals surface area contributed by atoms with Crippen molar-refractivity contribution < 1.29 is 32.3 Å². The molecule has 0 radical (unpaired) electrons. The van der Waals surface area contributed by atoms with Crippen molar-refractivity contribution >= 4 is 16.0 Å². The Morgan fingerprint density at radius 3 is 2.00 bits per heavy atom. The van der Waals surface area contributed by atoms with Gasteiger partial charge in [-0.2, -0.15) is 18.2 Å². The van der Waals surface area contributed by atoms with Crippen LogP contribution in [0.5, 0.6) is 0 Å². The monoisotopic (exact) mass is 644 g/mol. The standard InChI is InChI=1S/C29H32N2O4.C7H8O3S/c32-26(31-12-10-30-11-13-31)19-6-8-21(9-7-19)28(20-4-2-1-3-5-20)33-29(35-34-28)24-15-22-14-23-16-25(29)18-27(22,23)17-24;1-6-2-4-7(5-3-6)11(8,9)10/h1-9,22-25,30H,10-18H2;2-5H,1H3,(H,8,9,10)/t22?,23?,24?,25?,27?,28-,29?;/m1./s1. The number of amides is 1. The van der Waals surface area contributed by atoms with Crippen LogP contribution in [-0.2, 0) is 30.4 Å². The third-order valence-corrected chi connectivity index (χ3v) is 12.6. The van der Waals surface area contributed by atoms with E-state index in [2.05, 4.69) is 17.4 Å². The van der Waals surface area contributed by atoms with Crippen LogP contribution in [-0.4, -0.2) is 55.7 Å². The van der Waals surface area contributed by atoms with Gasteiger partial charge in [-0.3, -0.25) is 9.35 Å². The van der Waals surface area contributed by atoms with Crippen LogP contribution in [0.4, 0.5) is 0 Å². The highest BCUT2D eigenvalue weighted by atomic mass is 32.2. The molecule has 2 spiro atoms. The molecular formula is C36H40N2O7S. The first-order chi connectivity index (χ1) is 22.1. The van der Waals surface area contributed by atoms with Crippen LogP contribution < -0.4 is 5.32 Å². The number of ether oxygens (including phenoxy) is 1. The third kappa shape index (κ3) is 4.68. The van der Waals surface area contributed by atoms with Gasteiger partial charge in [0.2, 0.25) is 5.79 Å². The molecule has 4 saturated carbocycles. The second kappa shape index (κ2) is 11.0. The highest BCUT2D eigenvalue weighted by Gasteiger charge is 2.77. The Hall–Kier alpha value is -3.12. The van der Waals surface area contributed by atoms with Gasteiger partial charge in [-0.25, -0.2) is 0 Å². The highest BCUT2D eigenvalue weighted by molar-refractivity contribution is 7.85. The fourth-order valence-electron chi connectivity index (χ4n) is 9.43. The lowest BCUT2D eigenvalue weighted by Gasteiger charge is -2.49. The average Bonchev–Trinajstić information content (AvgIpc) is 3.68. The molecule has 9 rings (SSSR count). The van der Waals surface area contributed by atoms with Crippen molar-refractivity contribution in [2.24, 2.45) is 29.1 Å². The van der Waals surface area contributed by atoms with Gasteiger partial charge in [0.05, 0.1) is 4.90 Å². The second-order valence-corrected chi connectivity index (χ2v) is 15.4. The van der Waals surface area contributed by atoms with Crippen LogP contribution in [0.1, 0.15) is 59.2 Å². The van der Waals surface area contributed by atoms with Crippen LogP contribution in [0.15, 0.2) is 83.8 Å². The molecule has 2 saturated heterocycles. The summed E-state index contributed by atoms with van der Waals surface area (Å²) in [6.07, 6.45) is 6.21. The Balaban J connectivity index is 0.000000243. The quantitative estimate of drug-likeness (QED) is 0.291. The van der Waals surface area contributed by atoms with Crippen molar-refractivity contribution in [3.8, 4) is 0 Å². The third-order valence-electron chi connectivity index (χ3n) is 11.7. The summed E-state index contributed by atoms with van der Waals surface area (Å²) in [4.78, 5) is 27.6. The largest absolute Gasteiger partial charge is 0.336 e. The molecule has 1 amide bonds. The number of nitrogens with one attached hydrogen (secondary N) is 1. The number of hydrogen-bond donors (Lipinski definition) is 2. The molecule has 4 aliphatic carbocycles. The molecule has 6 fully saturated rings. The molecule has 3 aromatic rings. The minimum atomic E-state index is -4.02. The summed E-state index contributed by atoms with van der Waals surface area (Å²) in [5.41, 5.74) is 4.02. The Morgan fingerprint density at radius 2 is 1.39 bits per heavy atom. The predicted molar refractivity (Wildman–Crippen MR) is 169 cm³/mol. The van der Waals surface area contributed by atoms with E-state index >= 15 is 0 Å². The van der Waals surface area contributed by atoms with Crippen molar-refractivity contribution in [1.82, 2.24) is 10.2 Å². The lowest BCUT2D eigenvalue weighted by molar-refractivity contribution is -0.370. The lowest BCUT2D eigenvalue weighted by Crippen LogP contribution is -2.49. The number of benzene rings is 3. The van der Waals surface area contributed by atoms with E-state index in [9.17, 15) is 13.2 Å². The van der Waals surface area contributed by atoms with E-state index in [1.807, 2.05) is 54.3 Å². The van der Waals surface area contributed by atoms with Gasteiger partial charge in [-0.15, -0.1) is 0 Å². The maximum absolute atomic E-state index is 13.0. The number of carbonyl (C=O) groups is 1. The van der Waals surface area contributed by atoms with Gasteiger partial charge in [0.1, 0.15) is 0 Å². The minimum Gasteiger partial charge on any atom is -0.336 e. The molecule has 2 heterocycles. The van der Waals surface area contributed by atoms with E-state index in [4.69, 9.17) is 19.1 Å². The molecule has 3 bridgehead atoms. The summed E-state index contributed by atoms with van der Waals surface area (Å²) in [5.74, 6) is 0.724. The number of piperazine rings is 1. The van der Waals surface area contributed by atoms with Crippen molar-refractivity contribution in [3.05, 3.63) is 101 Å². The smallest absolute Gasteiger partial charge is 0.294 e. The number of hydrogen-bond acceptors (Lipinski definition) is 7. The predicted octanol–water partition coefficient (Wildman–Crippen LogP) is 5.31. The fraction of sp³-hybridized carbons (Fsp3) is 0.472. The van der Waals surface area contributed by atoms with Crippen molar-refractivity contribution in [1.29, 1.82) is 0 Å². The summed E-state index contributed by atoms with van der Waals surface area (Å²) in [6.45, 7) is 5.00. The Bertz CT molecular complexity index is 1700. The van der Waals surface area contributed by atoms with E-state index in [0.29, 0.717) is 22.8 Å². The van der Waals surface area contributed by atoms with Gasteiger partial charge in [-0.05, 0) is 80.5 Å². The van der Waals surface area contributed by atoms with Crippen LogP contribution in [0.3, 0.4) is 0 Å². The summed E-state index contributed by atoms with van der Waals surface area (Å²) in [6, 6.07) is 23.9. The fourth-order valence-corrected chi connectivity index (χ4v) is 9.91. The molecular weight excluding hydrogens is 604 g/mol. The minimum absolute atomic E-state index is 0.0666. The molecule has 46 heavy (non-hydrogen) atoms. The number of rotatable bonds is 4. The Kier molecular flexibility index (Phi) is 7.21. The van der Waals surface area contributed by atoms with E-state index in [1.165, 1.54) is 44.2 Å². The summed E-state index contributed by atoms with van der Waals surface area (Å²) in [5, 5.41) is 3.31. The Morgan fingerprint density at radius 1 is 0.804 bits per heavy atom. The first-order valence-electron chi connectivity index (χ1n) is 16.4. The van der Waals surface area contributed by atoms with Crippen molar-refractivity contribution in [3.63, 3.8) is 0 Å². The summed E-state index contributed by atoms with van der Waals surface area (Å²) < 4.78 is 36.7. The summed E-state index contributed by atoms with van der Waals surface area (Å²) >= 11 is 0. The number of nitrogens with zero attached hydrogens (tertiary/aromatic N) is 1. The molecule has 10 heteroatoms. The van der Waals surface area contributed by atoms with Gasteiger partial charge in [0, 0.05) is 54.7 Å². The van der Waals surface area contributed by atoms with Crippen LogP contribution in [0, 0.1) is 36.0 Å². The van der Waals surface area contributed by atoms with Gasteiger partial charge in [-0.1, -0.05) is 60.2 Å². The van der Waals surface area contributed by atoms with Gasteiger partial charge in [0.25, 0.3) is 21.8 Å². The highest BCUT2D eigenvalue weighted by Crippen LogP contribution is 2.79. The Labute approximate surface area is 269 Å². The molecule has 5 atom stereocenters. The zero-order chi connectivity index (χ0) is 31.7. The van der Waals surface area contributed by atoms with Crippen molar-refractivity contribution in [2.45, 2.75) is 55.5 Å². The molecule has 9 nitrogen and oxygen atoms in total. The molecule has 2 aliphatic heterocycles. The van der Waals surface area contributed by atoms with E-state index < -0.39 is 21.7 Å². The van der Waals surface area contributed by atoms with E-state index in [1.54, 1.807) is 12.1 Å². The van der Waals surface area contributed by atoms with Crippen LogP contribution in [0.2, 0.25) is 0 Å². The molecule has 3 aromatic carbocycles. The maximum Gasteiger partial charge on any atom is 0.294 e. The van der Waals surface area contributed by atoms with Crippen molar-refractivity contribution in [2.75, 3.05) is 26.2 Å². The number of aryl methyl sites for hydroxylation is 1. The lowest BCUT2D eigenvalue weighted by atomic mass is 9.56. The molecule has 4 unspecified atom stereocenters.